The van der Waals surface area contributed by atoms with Crippen molar-refractivity contribution < 1.29 is 22.7 Å². The molecule has 1 amide bonds. The number of amides is 1. The highest BCUT2D eigenvalue weighted by Crippen LogP contribution is 2.37. The lowest BCUT2D eigenvalue weighted by Crippen LogP contribution is -2.31. The van der Waals surface area contributed by atoms with E-state index in [1.54, 1.807) is 34.5 Å². The summed E-state index contributed by atoms with van der Waals surface area (Å²) < 4.78 is 37.9. The molecule has 0 radical (unpaired) electrons. The maximum atomic E-state index is 12.3. The van der Waals surface area contributed by atoms with Crippen LogP contribution in [0.4, 0.5) is 5.69 Å². The molecule has 0 unspecified atom stereocenters. The van der Waals surface area contributed by atoms with Crippen LogP contribution in [0.25, 0.3) is 0 Å². The Morgan fingerprint density at radius 1 is 1.24 bits per heavy atom. The molecule has 0 aliphatic carbocycles. The molecule has 132 valence electrons. The number of benzene rings is 1. The normalized spacial score (nSPS) is 19.6. The molecule has 1 aromatic heterocycles. The lowest BCUT2D eigenvalue weighted by Gasteiger charge is -2.17. The third kappa shape index (κ3) is 3.22. The number of nitrogens with zero attached hydrogens (tertiary/aromatic N) is 1. The zero-order chi connectivity index (χ0) is 17.4. The molecule has 1 saturated heterocycles. The van der Waals surface area contributed by atoms with E-state index < -0.39 is 10.0 Å². The van der Waals surface area contributed by atoms with Crippen molar-refractivity contribution in [2.24, 2.45) is 5.92 Å². The van der Waals surface area contributed by atoms with Gasteiger partial charge in [0.25, 0.3) is 0 Å². The number of thiophene rings is 1. The van der Waals surface area contributed by atoms with Crippen LogP contribution in [0.5, 0.6) is 11.5 Å². The van der Waals surface area contributed by atoms with Crippen molar-refractivity contribution in [3.63, 3.8) is 0 Å². The third-order valence-electron chi connectivity index (χ3n) is 4.19. The predicted molar refractivity (Wildman–Crippen MR) is 92.5 cm³/mol. The predicted octanol–water partition coefficient (Wildman–Crippen LogP) is 1.81. The Labute approximate surface area is 149 Å². The summed E-state index contributed by atoms with van der Waals surface area (Å²) in [5.41, 5.74) is 0.734. The molecule has 1 aromatic carbocycles. The fourth-order valence-electron chi connectivity index (χ4n) is 2.94. The summed E-state index contributed by atoms with van der Waals surface area (Å²) in [4.78, 5) is 14.0. The Morgan fingerprint density at radius 2 is 2.08 bits per heavy atom. The van der Waals surface area contributed by atoms with Gasteiger partial charge in [-0.05, 0) is 29.5 Å². The number of ether oxygens (including phenoxy) is 2. The lowest BCUT2D eigenvalue weighted by molar-refractivity contribution is -0.117. The molecule has 1 fully saturated rings. The van der Waals surface area contributed by atoms with Crippen LogP contribution >= 0.6 is 11.3 Å². The lowest BCUT2D eigenvalue weighted by atomic mass is 10.1. The van der Waals surface area contributed by atoms with Crippen molar-refractivity contribution in [1.82, 2.24) is 4.72 Å². The second-order valence-electron chi connectivity index (χ2n) is 5.90. The molecular formula is C16H16N2O5S2. The number of carbonyl (C=O) groups excluding carboxylic acids is 1. The average Bonchev–Trinajstić information content (AvgIpc) is 3.33. The Balaban J connectivity index is 1.42. The van der Waals surface area contributed by atoms with E-state index in [0.29, 0.717) is 24.5 Å². The average molecular weight is 380 g/mol. The highest BCUT2D eigenvalue weighted by atomic mass is 32.2. The van der Waals surface area contributed by atoms with Crippen LogP contribution in [-0.4, -0.2) is 34.2 Å². The summed E-state index contributed by atoms with van der Waals surface area (Å²) in [7, 11) is -3.51. The summed E-state index contributed by atoms with van der Waals surface area (Å²) in [6, 6.07) is 8.62. The molecule has 4 rings (SSSR count). The number of hydrogen-bond acceptors (Lipinski definition) is 6. The number of rotatable bonds is 5. The van der Waals surface area contributed by atoms with Crippen LogP contribution in [0.15, 0.2) is 39.9 Å². The number of hydrogen-bond donors (Lipinski definition) is 1. The first-order chi connectivity index (χ1) is 12.0. The number of carbonyl (C=O) groups is 1. The van der Waals surface area contributed by atoms with Crippen molar-refractivity contribution in [2.45, 2.75) is 10.6 Å². The Morgan fingerprint density at radius 3 is 2.88 bits per heavy atom. The van der Waals surface area contributed by atoms with Gasteiger partial charge < -0.3 is 14.4 Å². The van der Waals surface area contributed by atoms with E-state index >= 15 is 0 Å². The number of anilines is 1. The van der Waals surface area contributed by atoms with Gasteiger partial charge in [-0.2, -0.15) is 0 Å². The summed E-state index contributed by atoms with van der Waals surface area (Å²) in [5.74, 6) is 1.18. The fraction of sp³-hybridized carbons (Fsp3) is 0.312. The molecule has 0 saturated carbocycles. The smallest absolute Gasteiger partial charge is 0.250 e. The second kappa shape index (κ2) is 6.32. The molecule has 9 heteroatoms. The quantitative estimate of drug-likeness (QED) is 0.855. The van der Waals surface area contributed by atoms with Crippen LogP contribution in [-0.2, 0) is 14.8 Å². The topological polar surface area (TPSA) is 84.9 Å². The van der Waals surface area contributed by atoms with Crippen LogP contribution < -0.4 is 19.1 Å². The molecule has 2 aliphatic heterocycles. The highest BCUT2D eigenvalue weighted by molar-refractivity contribution is 7.91. The molecule has 25 heavy (non-hydrogen) atoms. The van der Waals surface area contributed by atoms with E-state index in [9.17, 15) is 13.2 Å². The van der Waals surface area contributed by atoms with Crippen molar-refractivity contribution >= 4 is 33.0 Å². The van der Waals surface area contributed by atoms with Crippen LogP contribution in [0.1, 0.15) is 6.42 Å². The molecule has 1 N–H and O–H groups in total. The molecule has 0 bridgehead atoms. The van der Waals surface area contributed by atoms with E-state index in [1.807, 2.05) is 6.07 Å². The van der Waals surface area contributed by atoms with E-state index in [4.69, 9.17) is 9.47 Å². The fourth-order valence-corrected chi connectivity index (χ4v) is 5.09. The third-order valence-corrected chi connectivity index (χ3v) is 7.02. The van der Waals surface area contributed by atoms with Gasteiger partial charge >= 0.3 is 0 Å². The Hall–Kier alpha value is -2.10. The first kappa shape index (κ1) is 16.4. The molecule has 3 heterocycles. The van der Waals surface area contributed by atoms with Gasteiger partial charge in [0.2, 0.25) is 22.7 Å². The van der Waals surface area contributed by atoms with Crippen molar-refractivity contribution in [1.29, 1.82) is 0 Å². The monoisotopic (exact) mass is 380 g/mol. The van der Waals surface area contributed by atoms with Crippen molar-refractivity contribution in [3.8, 4) is 11.5 Å². The first-order valence-corrected chi connectivity index (χ1v) is 10.1. The van der Waals surface area contributed by atoms with Gasteiger partial charge in [0.1, 0.15) is 4.21 Å². The summed E-state index contributed by atoms with van der Waals surface area (Å²) in [6.45, 7) is 0.873. The van der Waals surface area contributed by atoms with Gasteiger partial charge in [-0.25, -0.2) is 13.1 Å². The molecular weight excluding hydrogens is 364 g/mol. The van der Waals surface area contributed by atoms with Crippen molar-refractivity contribution in [3.05, 3.63) is 35.7 Å². The number of nitrogens with one attached hydrogen (secondary N) is 1. The second-order valence-corrected chi connectivity index (χ2v) is 8.84. The van der Waals surface area contributed by atoms with Gasteiger partial charge in [0.05, 0.1) is 0 Å². The van der Waals surface area contributed by atoms with Gasteiger partial charge in [0, 0.05) is 31.3 Å². The van der Waals surface area contributed by atoms with Crippen molar-refractivity contribution in [2.75, 3.05) is 24.8 Å². The van der Waals surface area contributed by atoms with Gasteiger partial charge in [-0.3, -0.25) is 4.79 Å². The summed E-state index contributed by atoms with van der Waals surface area (Å²) in [5, 5.41) is 1.72. The van der Waals surface area contributed by atoms with E-state index in [1.165, 1.54) is 11.3 Å². The maximum absolute atomic E-state index is 12.3. The standard InChI is InChI=1S/C16H16N2O5S2/c19-15-6-11(8-17-25(20,21)16-2-1-5-24-16)9-18(15)12-3-4-13-14(7-12)23-10-22-13/h1-5,7,11,17H,6,8-10H2/t11-/m1/s1. The first-order valence-electron chi connectivity index (χ1n) is 7.76. The SMILES string of the molecule is O=C1C[C@H](CNS(=O)(=O)c2cccs2)CN1c1ccc2c(c1)OCO2. The van der Waals surface area contributed by atoms with Crippen LogP contribution in [0, 0.1) is 5.92 Å². The zero-order valence-corrected chi connectivity index (χ0v) is 14.8. The largest absolute Gasteiger partial charge is 0.454 e. The van der Waals surface area contributed by atoms with Gasteiger partial charge in [-0.1, -0.05) is 6.07 Å². The van der Waals surface area contributed by atoms with E-state index in [-0.39, 0.29) is 29.4 Å². The Bertz CT molecular complexity index is 895. The van der Waals surface area contributed by atoms with Gasteiger partial charge in [0.15, 0.2) is 11.5 Å². The van der Waals surface area contributed by atoms with E-state index in [0.717, 1.165) is 5.69 Å². The van der Waals surface area contributed by atoms with Crippen LogP contribution in [0.2, 0.25) is 0 Å². The molecule has 1 atom stereocenters. The molecule has 2 aromatic rings. The maximum Gasteiger partial charge on any atom is 0.250 e. The summed E-state index contributed by atoms with van der Waals surface area (Å²) in [6.07, 6.45) is 0.307. The zero-order valence-electron chi connectivity index (χ0n) is 13.2. The minimum atomic E-state index is -3.51. The minimum absolute atomic E-state index is 0.0285. The van der Waals surface area contributed by atoms with Crippen LogP contribution in [0.3, 0.4) is 0 Å². The molecule has 2 aliphatic rings. The molecule has 7 nitrogen and oxygen atoms in total. The molecule has 0 spiro atoms. The highest BCUT2D eigenvalue weighted by Gasteiger charge is 2.32. The number of sulfonamides is 1. The van der Waals surface area contributed by atoms with Gasteiger partial charge in [-0.15, -0.1) is 11.3 Å². The summed E-state index contributed by atoms with van der Waals surface area (Å²) >= 11 is 1.17. The Kier molecular flexibility index (Phi) is 4.14. The minimum Gasteiger partial charge on any atom is -0.454 e. The number of fused-ring (bicyclic) bond motifs is 1. The van der Waals surface area contributed by atoms with E-state index in [2.05, 4.69) is 4.72 Å².